The van der Waals surface area contributed by atoms with E-state index in [0.717, 1.165) is 0 Å². The normalized spacial score (nSPS) is 38.8. The van der Waals surface area contributed by atoms with E-state index in [4.69, 9.17) is 0 Å². The molecular formula is C16H20S2. The molecule has 0 N–H and O–H groups in total. The maximum Gasteiger partial charge on any atom is 0.0614 e. The van der Waals surface area contributed by atoms with Gasteiger partial charge in [0.2, 0.25) is 0 Å². The van der Waals surface area contributed by atoms with E-state index in [1.165, 1.54) is 21.0 Å². The van der Waals surface area contributed by atoms with Crippen molar-refractivity contribution in [3.63, 3.8) is 0 Å². The van der Waals surface area contributed by atoms with Gasteiger partial charge < -0.3 is 0 Å². The van der Waals surface area contributed by atoms with Crippen LogP contribution < -0.4 is 0 Å². The Morgan fingerprint density at radius 2 is 1.06 bits per heavy atom. The van der Waals surface area contributed by atoms with Crippen LogP contribution in [0.2, 0.25) is 0 Å². The molecule has 0 nitrogen and oxygen atoms in total. The molecule has 2 aliphatic heterocycles. The van der Waals surface area contributed by atoms with Gasteiger partial charge in [-0.25, -0.2) is 0 Å². The monoisotopic (exact) mass is 276 g/mol. The highest BCUT2D eigenvalue weighted by molar-refractivity contribution is 8.09. The number of thioether (sulfide) groups is 2. The predicted molar refractivity (Wildman–Crippen MR) is 84.9 cm³/mol. The minimum atomic E-state index is 0.189. The van der Waals surface area contributed by atoms with Crippen LogP contribution >= 0.6 is 23.5 Å². The SMILES string of the molecule is CC1=CC2=C(C)C(C)=C3C=C(C)S[C@@]3(C)[C@]2(C)S1. The van der Waals surface area contributed by atoms with Crippen LogP contribution in [0, 0.1) is 0 Å². The van der Waals surface area contributed by atoms with E-state index in [1.807, 2.05) is 23.5 Å². The first-order chi connectivity index (χ1) is 8.29. The van der Waals surface area contributed by atoms with E-state index in [0.29, 0.717) is 0 Å². The quantitative estimate of drug-likeness (QED) is 0.577. The lowest BCUT2D eigenvalue weighted by molar-refractivity contribution is 0.607. The van der Waals surface area contributed by atoms with E-state index in [-0.39, 0.29) is 9.49 Å². The van der Waals surface area contributed by atoms with Crippen molar-refractivity contribution in [2.24, 2.45) is 0 Å². The minimum absolute atomic E-state index is 0.189. The summed E-state index contributed by atoms with van der Waals surface area (Å²) >= 11 is 4.10. The maximum atomic E-state index is 2.43. The average Bonchev–Trinajstić information content (AvgIpc) is 2.75. The van der Waals surface area contributed by atoms with Crippen molar-refractivity contribution in [2.45, 2.75) is 51.0 Å². The first-order valence-electron chi connectivity index (χ1n) is 6.47. The molecular weight excluding hydrogens is 256 g/mol. The molecule has 2 atom stereocenters. The molecule has 0 amide bonds. The van der Waals surface area contributed by atoms with Gasteiger partial charge in [-0.2, -0.15) is 0 Å². The highest BCUT2D eigenvalue weighted by Crippen LogP contribution is 2.66. The van der Waals surface area contributed by atoms with Crippen molar-refractivity contribution in [1.82, 2.24) is 0 Å². The van der Waals surface area contributed by atoms with Crippen LogP contribution in [-0.2, 0) is 0 Å². The van der Waals surface area contributed by atoms with E-state index < -0.39 is 0 Å². The molecule has 0 bridgehead atoms. The molecule has 3 rings (SSSR count). The summed E-state index contributed by atoms with van der Waals surface area (Å²) in [4.78, 5) is 2.90. The summed E-state index contributed by atoms with van der Waals surface area (Å²) < 4.78 is 0.379. The average molecular weight is 276 g/mol. The van der Waals surface area contributed by atoms with Crippen LogP contribution in [0.4, 0.5) is 0 Å². The first-order valence-corrected chi connectivity index (χ1v) is 8.10. The van der Waals surface area contributed by atoms with Crippen LogP contribution in [0.15, 0.2) is 44.3 Å². The molecule has 0 fully saturated rings. The van der Waals surface area contributed by atoms with Crippen LogP contribution in [-0.4, -0.2) is 9.49 Å². The van der Waals surface area contributed by atoms with Gasteiger partial charge in [0.1, 0.15) is 0 Å². The molecule has 0 aromatic rings. The lowest BCUT2D eigenvalue weighted by atomic mass is 9.72. The van der Waals surface area contributed by atoms with Gasteiger partial charge in [-0.15, -0.1) is 23.5 Å². The molecule has 1 aliphatic carbocycles. The number of hydrogen-bond acceptors (Lipinski definition) is 2. The molecule has 0 spiro atoms. The second kappa shape index (κ2) is 3.61. The van der Waals surface area contributed by atoms with Gasteiger partial charge in [0.15, 0.2) is 0 Å². The molecule has 0 unspecified atom stereocenters. The third-order valence-electron chi connectivity index (χ3n) is 4.73. The number of rotatable bonds is 0. The molecule has 0 radical (unpaired) electrons. The second-order valence-electron chi connectivity index (χ2n) is 5.86. The molecule has 0 saturated heterocycles. The predicted octanol–water partition coefficient (Wildman–Crippen LogP) is 5.45. The summed E-state index contributed by atoms with van der Waals surface area (Å²) in [7, 11) is 0. The maximum absolute atomic E-state index is 2.43. The van der Waals surface area contributed by atoms with Gasteiger partial charge in [0.25, 0.3) is 0 Å². The fourth-order valence-corrected chi connectivity index (χ4v) is 6.68. The highest BCUT2D eigenvalue weighted by atomic mass is 32.2. The smallest absolute Gasteiger partial charge is 0.0614 e. The van der Waals surface area contributed by atoms with Crippen molar-refractivity contribution >= 4 is 23.5 Å². The van der Waals surface area contributed by atoms with Crippen LogP contribution in [0.3, 0.4) is 0 Å². The van der Waals surface area contributed by atoms with E-state index in [2.05, 4.69) is 53.7 Å². The Labute approximate surface area is 119 Å². The van der Waals surface area contributed by atoms with Crippen molar-refractivity contribution < 1.29 is 0 Å². The van der Waals surface area contributed by atoms with Gasteiger partial charge >= 0.3 is 0 Å². The van der Waals surface area contributed by atoms with Crippen LogP contribution in [0.1, 0.15) is 41.5 Å². The summed E-state index contributed by atoms with van der Waals surface area (Å²) in [5.74, 6) is 0. The molecule has 2 heterocycles. The number of allylic oxidation sites excluding steroid dienone is 6. The molecule has 0 saturated carbocycles. The van der Waals surface area contributed by atoms with Gasteiger partial charge in [0, 0.05) is 0 Å². The Balaban J connectivity index is 2.30. The Kier molecular flexibility index (Phi) is 2.54. The molecule has 18 heavy (non-hydrogen) atoms. The van der Waals surface area contributed by atoms with Gasteiger partial charge in [0.05, 0.1) is 9.49 Å². The van der Waals surface area contributed by atoms with Gasteiger partial charge in [-0.3, -0.25) is 0 Å². The second-order valence-corrected chi connectivity index (χ2v) is 9.19. The molecule has 0 aromatic carbocycles. The topological polar surface area (TPSA) is 0 Å². The fourth-order valence-electron chi connectivity index (χ4n) is 3.54. The Morgan fingerprint density at radius 3 is 1.39 bits per heavy atom. The van der Waals surface area contributed by atoms with Crippen LogP contribution in [0.5, 0.6) is 0 Å². The van der Waals surface area contributed by atoms with Crippen LogP contribution in [0.25, 0.3) is 0 Å². The summed E-state index contributed by atoms with van der Waals surface area (Å²) in [6, 6.07) is 0. The summed E-state index contributed by atoms with van der Waals surface area (Å²) in [6.45, 7) is 13.9. The molecule has 2 heteroatoms. The zero-order valence-electron chi connectivity index (χ0n) is 12.0. The van der Waals surface area contributed by atoms with E-state index in [1.54, 1.807) is 11.1 Å². The summed E-state index contributed by atoms with van der Waals surface area (Å²) in [6.07, 6.45) is 4.81. The Hall–Kier alpha value is -0.340. The van der Waals surface area contributed by atoms with Gasteiger partial charge in [-0.05, 0) is 85.8 Å². The Bertz CT molecular complexity index is 522. The first kappa shape index (κ1) is 12.7. The highest BCUT2D eigenvalue weighted by Gasteiger charge is 2.57. The third kappa shape index (κ3) is 1.31. The lowest BCUT2D eigenvalue weighted by Gasteiger charge is -2.47. The van der Waals surface area contributed by atoms with Crippen molar-refractivity contribution in [3.8, 4) is 0 Å². The zero-order valence-corrected chi connectivity index (χ0v) is 13.6. The summed E-state index contributed by atoms with van der Waals surface area (Å²) in [5.41, 5.74) is 6.07. The minimum Gasteiger partial charge on any atom is -0.118 e. The van der Waals surface area contributed by atoms with Crippen molar-refractivity contribution in [2.75, 3.05) is 0 Å². The molecule has 96 valence electrons. The third-order valence-corrected chi connectivity index (χ3v) is 7.82. The van der Waals surface area contributed by atoms with Crippen molar-refractivity contribution in [1.29, 1.82) is 0 Å². The van der Waals surface area contributed by atoms with Gasteiger partial charge in [-0.1, -0.05) is 0 Å². The standard InChI is InChI=1S/C16H20S2/c1-9-7-13-11(3)12(4)14-8-10(2)18-16(14,6)15(13,5)17-9/h7-8H,1-6H3/t15-,16-/m1/s1. The summed E-state index contributed by atoms with van der Waals surface area (Å²) in [5, 5.41) is 0. The van der Waals surface area contributed by atoms with Crippen molar-refractivity contribution in [3.05, 3.63) is 44.3 Å². The van der Waals surface area contributed by atoms with E-state index >= 15 is 0 Å². The molecule has 0 aromatic heterocycles. The lowest BCUT2D eigenvalue weighted by Crippen LogP contribution is -2.47. The van der Waals surface area contributed by atoms with E-state index in [9.17, 15) is 0 Å². The Morgan fingerprint density at radius 1 is 0.722 bits per heavy atom. The number of fused-ring (bicyclic) bond motifs is 3. The largest absolute Gasteiger partial charge is 0.118 e. The number of hydrogen-bond donors (Lipinski definition) is 0. The zero-order chi connectivity index (χ0) is 13.3. The molecule has 3 aliphatic rings. The fraction of sp³-hybridized carbons (Fsp3) is 0.500.